The van der Waals surface area contributed by atoms with Crippen molar-refractivity contribution in [1.82, 2.24) is 0 Å². The first-order chi connectivity index (χ1) is 7.24. The van der Waals surface area contributed by atoms with E-state index in [0.717, 1.165) is 6.42 Å². The monoisotopic (exact) mass is 326 g/mol. The normalized spacial score (nSPS) is 24.9. The van der Waals surface area contributed by atoms with Crippen molar-refractivity contribution in [2.75, 3.05) is 0 Å². The molecule has 15 heavy (non-hydrogen) atoms. The van der Waals surface area contributed by atoms with Crippen LogP contribution in [0.2, 0.25) is 0 Å². The molecule has 78 valence electrons. The van der Waals surface area contributed by atoms with Crippen LogP contribution in [0, 0.1) is 0 Å². The largest absolute Gasteiger partial charge is 0.0556 e. The first-order valence-electron chi connectivity index (χ1n) is 5.40. The number of hydrogen-bond donors (Lipinski definition) is 0. The molecule has 0 saturated carbocycles. The molecule has 0 heterocycles. The van der Waals surface area contributed by atoms with E-state index in [1.807, 2.05) is 0 Å². The standard InChI is InChI=1S/C13H12Br2/c14-10-1-3-12-8(6-10)5-9-7-11(15)2-4-13(9)12/h6-7H,1-5H2. The third kappa shape index (κ3) is 1.72. The molecule has 0 bridgehead atoms. The van der Waals surface area contributed by atoms with Gasteiger partial charge in [0.25, 0.3) is 0 Å². The van der Waals surface area contributed by atoms with Crippen LogP contribution in [0.5, 0.6) is 0 Å². The van der Waals surface area contributed by atoms with Crippen LogP contribution in [-0.2, 0) is 0 Å². The van der Waals surface area contributed by atoms with E-state index >= 15 is 0 Å². The van der Waals surface area contributed by atoms with Crippen molar-refractivity contribution in [2.24, 2.45) is 0 Å². The first-order valence-corrected chi connectivity index (χ1v) is 6.99. The molecule has 0 aromatic heterocycles. The first kappa shape index (κ1) is 10.1. The summed E-state index contributed by atoms with van der Waals surface area (Å²) in [7, 11) is 0. The molecule has 0 aliphatic heterocycles. The Hall–Kier alpha value is -0.0800. The zero-order chi connectivity index (χ0) is 10.4. The molecule has 0 unspecified atom stereocenters. The van der Waals surface area contributed by atoms with Gasteiger partial charge in [-0.2, -0.15) is 0 Å². The fraction of sp³-hybridized carbons (Fsp3) is 0.385. The van der Waals surface area contributed by atoms with Crippen LogP contribution in [0.4, 0.5) is 0 Å². The van der Waals surface area contributed by atoms with E-state index in [-0.39, 0.29) is 0 Å². The highest BCUT2D eigenvalue weighted by atomic mass is 79.9. The van der Waals surface area contributed by atoms with Gasteiger partial charge in [0, 0.05) is 0 Å². The zero-order valence-electron chi connectivity index (χ0n) is 8.45. The summed E-state index contributed by atoms with van der Waals surface area (Å²) in [6.45, 7) is 0. The molecule has 0 nitrogen and oxygen atoms in total. The summed E-state index contributed by atoms with van der Waals surface area (Å²) >= 11 is 7.24. The molecule has 0 aromatic carbocycles. The molecule has 0 amide bonds. The van der Waals surface area contributed by atoms with Gasteiger partial charge in [0.15, 0.2) is 0 Å². The van der Waals surface area contributed by atoms with Crippen molar-refractivity contribution >= 4 is 31.9 Å². The van der Waals surface area contributed by atoms with Crippen molar-refractivity contribution in [3.05, 3.63) is 43.4 Å². The van der Waals surface area contributed by atoms with Gasteiger partial charge in [-0.1, -0.05) is 31.9 Å². The molecule has 3 rings (SSSR count). The van der Waals surface area contributed by atoms with Crippen molar-refractivity contribution in [2.45, 2.75) is 32.1 Å². The summed E-state index contributed by atoms with van der Waals surface area (Å²) in [6.07, 6.45) is 10.6. The van der Waals surface area contributed by atoms with E-state index in [1.165, 1.54) is 34.6 Å². The summed E-state index contributed by atoms with van der Waals surface area (Å²) < 4.78 is 2.73. The van der Waals surface area contributed by atoms with E-state index in [1.54, 1.807) is 22.3 Å². The minimum absolute atomic E-state index is 1.15. The molecule has 0 N–H and O–H groups in total. The Morgan fingerprint density at radius 2 is 1.20 bits per heavy atom. The highest BCUT2D eigenvalue weighted by molar-refractivity contribution is 9.12. The van der Waals surface area contributed by atoms with Gasteiger partial charge in [-0.15, -0.1) is 0 Å². The number of halogens is 2. The molecule has 0 fully saturated rings. The van der Waals surface area contributed by atoms with Gasteiger partial charge >= 0.3 is 0 Å². The van der Waals surface area contributed by atoms with Gasteiger partial charge in [0.05, 0.1) is 0 Å². The Labute approximate surface area is 107 Å². The van der Waals surface area contributed by atoms with Gasteiger partial charge < -0.3 is 0 Å². The summed E-state index contributed by atoms with van der Waals surface area (Å²) in [4.78, 5) is 0. The maximum atomic E-state index is 3.62. The number of hydrogen-bond acceptors (Lipinski definition) is 0. The van der Waals surface area contributed by atoms with Gasteiger partial charge in [-0.05, 0) is 75.5 Å². The lowest BCUT2D eigenvalue weighted by Crippen LogP contribution is -1.97. The third-order valence-corrected chi connectivity index (χ3v) is 4.66. The highest BCUT2D eigenvalue weighted by Crippen LogP contribution is 2.46. The second kappa shape index (κ2) is 3.74. The fourth-order valence-electron chi connectivity index (χ4n) is 2.72. The Balaban J connectivity index is 2.01. The lowest BCUT2D eigenvalue weighted by atomic mass is 9.92. The maximum absolute atomic E-state index is 3.62. The number of rotatable bonds is 0. The van der Waals surface area contributed by atoms with Crippen LogP contribution in [-0.4, -0.2) is 0 Å². The van der Waals surface area contributed by atoms with Gasteiger partial charge in [0.2, 0.25) is 0 Å². The second-order valence-electron chi connectivity index (χ2n) is 4.37. The van der Waals surface area contributed by atoms with E-state index in [4.69, 9.17) is 0 Å². The Morgan fingerprint density at radius 3 is 1.67 bits per heavy atom. The lowest BCUT2D eigenvalue weighted by Gasteiger charge is -2.16. The molecule has 2 heteroatoms. The molecule has 0 spiro atoms. The second-order valence-corrected chi connectivity index (χ2v) is 6.40. The smallest absolute Gasteiger partial charge is 0.00195 e. The van der Waals surface area contributed by atoms with Crippen LogP contribution in [0.3, 0.4) is 0 Å². The molecule has 3 aliphatic rings. The summed E-state index contributed by atoms with van der Waals surface area (Å²) in [5, 5.41) is 0. The average molecular weight is 328 g/mol. The zero-order valence-corrected chi connectivity index (χ0v) is 11.6. The van der Waals surface area contributed by atoms with Crippen LogP contribution >= 0.6 is 31.9 Å². The fourth-order valence-corrected chi connectivity index (χ4v) is 3.67. The SMILES string of the molecule is BrC1=CC2=C(CC1)C1=C(C=C(Br)CC1)C2. The molecular formula is C13H12Br2. The predicted octanol–water partition coefficient (Wildman–Crippen LogP) is 5.13. The molecule has 3 aliphatic carbocycles. The van der Waals surface area contributed by atoms with Crippen molar-refractivity contribution in [3.63, 3.8) is 0 Å². The number of fused-ring (bicyclic) bond motifs is 1. The van der Waals surface area contributed by atoms with Crippen LogP contribution in [0.15, 0.2) is 43.4 Å². The summed E-state index contributed by atoms with van der Waals surface area (Å²) in [6, 6.07) is 0. The van der Waals surface area contributed by atoms with E-state index < -0.39 is 0 Å². The van der Waals surface area contributed by atoms with Crippen molar-refractivity contribution in [3.8, 4) is 0 Å². The average Bonchev–Trinajstić information content (AvgIpc) is 2.53. The van der Waals surface area contributed by atoms with Gasteiger partial charge in [0.1, 0.15) is 0 Å². The van der Waals surface area contributed by atoms with E-state index in [0.29, 0.717) is 0 Å². The number of allylic oxidation sites excluding steroid dienone is 8. The van der Waals surface area contributed by atoms with Crippen molar-refractivity contribution in [1.29, 1.82) is 0 Å². The van der Waals surface area contributed by atoms with Crippen LogP contribution in [0.25, 0.3) is 0 Å². The topological polar surface area (TPSA) is 0 Å². The van der Waals surface area contributed by atoms with Gasteiger partial charge in [-0.3, -0.25) is 0 Å². The third-order valence-electron chi connectivity index (χ3n) is 3.41. The van der Waals surface area contributed by atoms with E-state index in [2.05, 4.69) is 44.0 Å². The molecule has 0 radical (unpaired) electrons. The Morgan fingerprint density at radius 1 is 0.733 bits per heavy atom. The minimum atomic E-state index is 1.15. The lowest BCUT2D eigenvalue weighted by molar-refractivity contribution is 0.890. The van der Waals surface area contributed by atoms with Crippen LogP contribution in [0.1, 0.15) is 32.1 Å². The highest BCUT2D eigenvalue weighted by Gasteiger charge is 2.26. The molecule has 0 saturated heterocycles. The maximum Gasteiger partial charge on any atom is -0.00195 e. The van der Waals surface area contributed by atoms with Crippen molar-refractivity contribution < 1.29 is 0 Å². The molecular weight excluding hydrogens is 316 g/mol. The Kier molecular flexibility index (Phi) is 2.52. The quantitative estimate of drug-likeness (QED) is 0.578. The summed E-state index contributed by atoms with van der Waals surface area (Å²) in [5.41, 5.74) is 6.39. The molecule has 0 atom stereocenters. The van der Waals surface area contributed by atoms with Gasteiger partial charge in [-0.25, -0.2) is 0 Å². The van der Waals surface area contributed by atoms with E-state index in [9.17, 15) is 0 Å². The van der Waals surface area contributed by atoms with Crippen LogP contribution < -0.4 is 0 Å². The molecule has 0 aromatic rings. The minimum Gasteiger partial charge on any atom is -0.0556 e. The predicted molar refractivity (Wildman–Crippen MR) is 71.2 cm³/mol. The Bertz CT molecular complexity index is 405. The summed E-state index contributed by atoms with van der Waals surface area (Å²) in [5.74, 6) is 0.